The van der Waals surface area contributed by atoms with Crippen molar-refractivity contribution in [2.45, 2.75) is 77.4 Å². The van der Waals surface area contributed by atoms with Crippen molar-refractivity contribution in [1.29, 1.82) is 0 Å². The van der Waals surface area contributed by atoms with Gasteiger partial charge in [0.15, 0.2) is 0 Å². The van der Waals surface area contributed by atoms with Gasteiger partial charge in [0.05, 0.1) is 0 Å². The molecule has 4 rings (SSSR count). The Morgan fingerprint density at radius 3 is 2.42 bits per heavy atom. The molecule has 2 aliphatic carbocycles. The second-order valence-electron chi connectivity index (χ2n) is 9.40. The fraction of sp³-hybridized carbons (Fsp3) is 0.950. The minimum Gasteiger partial charge on any atom is -0.341 e. The molecule has 4 heteroatoms. The highest BCUT2D eigenvalue weighted by molar-refractivity contribution is 5.82. The number of nitrogens with one attached hydrogen (secondary N) is 1. The minimum absolute atomic E-state index is 0.385. The molecule has 2 atom stereocenters. The van der Waals surface area contributed by atoms with Gasteiger partial charge in [-0.2, -0.15) is 0 Å². The summed E-state index contributed by atoms with van der Waals surface area (Å²) in [6, 6.07) is 2.12. The van der Waals surface area contributed by atoms with E-state index < -0.39 is 0 Å². The highest BCUT2D eigenvalue weighted by atomic mass is 16.2. The second kappa shape index (κ2) is 6.28. The van der Waals surface area contributed by atoms with Crippen LogP contribution in [0.2, 0.25) is 0 Å². The van der Waals surface area contributed by atoms with Crippen molar-refractivity contribution in [2.24, 2.45) is 17.3 Å². The fourth-order valence-electron chi connectivity index (χ4n) is 5.51. The molecule has 1 amide bonds. The fourth-order valence-corrected chi connectivity index (χ4v) is 5.51. The predicted molar refractivity (Wildman–Crippen MR) is 96.8 cm³/mol. The molecule has 4 aliphatic rings. The van der Waals surface area contributed by atoms with E-state index in [1.807, 2.05) is 0 Å². The van der Waals surface area contributed by atoms with E-state index in [1.54, 1.807) is 0 Å². The van der Waals surface area contributed by atoms with Crippen molar-refractivity contribution in [3.8, 4) is 0 Å². The standard InChI is InChI=1S/C20H35N3O/c1-4-15-9-18(15)19(24)23-12-20(13-23)10-17(11-20)22-7-5-16(6-8-22)21-14(2)3/h14-18,21H,4-13H2,1-3H3. The van der Waals surface area contributed by atoms with E-state index in [4.69, 9.17) is 0 Å². The molecule has 0 bridgehead atoms. The quantitative estimate of drug-likeness (QED) is 0.840. The Hall–Kier alpha value is -0.610. The molecular weight excluding hydrogens is 298 g/mol. The summed E-state index contributed by atoms with van der Waals surface area (Å²) >= 11 is 0. The minimum atomic E-state index is 0.385. The molecule has 2 heterocycles. The number of piperidine rings is 1. The first kappa shape index (κ1) is 16.8. The number of carbonyl (C=O) groups excluding carboxylic acids is 1. The molecule has 2 unspecified atom stereocenters. The summed E-state index contributed by atoms with van der Waals surface area (Å²) in [4.78, 5) is 17.3. The molecule has 1 N–H and O–H groups in total. The van der Waals surface area contributed by atoms with E-state index in [2.05, 4.69) is 35.9 Å². The number of likely N-dealkylation sites (tertiary alicyclic amines) is 2. The van der Waals surface area contributed by atoms with E-state index in [-0.39, 0.29) is 0 Å². The largest absolute Gasteiger partial charge is 0.341 e. The molecule has 1 spiro atoms. The van der Waals surface area contributed by atoms with Gasteiger partial charge in [0.1, 0.15) is 0 Å². The Labute approximate surface area is 147 Å². The maximum atomic E-state index is 12.4. The van der Waals surface area contributed by atoms with Crippen LogP contribution < -0.4 is 5.32 Å². The van der Waals surface area contributed by atoms with E-state index in [1.165, 1.54) is 45.2 Å². The summed E-state index contributed by atoms with van der Waals surface area (Å²) in [6.07, 6.45) is 7.60. The van der Waals surface area contributed by atoms with Crippen LogP contribution in [0.1, 0.15) is 59.3 Å². The highest BCUT2D eigenvalue weighted by Crippen LogP contribution is 2.52. The zero-order valence-electron chi connectivity index (χ0n) is 15.8. The monoisotopic (exact) mass is 333 g/mol. The van der Waals surface area contributed by atoms with Gasteiger partial charge in [-0.25, -0.2) is 0 Å². The first-order valence-electron chi connectivity index (χ1n) is 10.3. The second-order valence-corrected chi connectivity index (χ2v) is 9.40. The number of hydrogen-bond donors (Lipinski definition) is 1. The summed E-state index contributed by atoms with van der Waals surface area (Å²) in [5.41, 5.74) is 0.504. The average Bonchev–Trinajstić information content (AvgIpc) is 3.24. The Morgan fingerprint density at radius 2 is 1.88 bits per heavy atom. The molecule has 0 aromatic rings. The zero-order valence-corrected chi connectivity index (χ0v) is 15.8. The Kier molecular flexibility index (Phi) is 4.41. The number of amides is 1. The van der Waals surface area contributed by atoms with E-state index in [9.17, 15) is 4.79 Å². The van der Waals surface area contributed by atoms with Crippen LogP contribution in [-0.2, 0) is 4.79 Å². The molecule has 4 nitrogen and oxygen atoms in total. The lowest BCUT2D eigenvalue weighted by Crippen LogP contribution is -2.68. The molecule has 24 heavy (non-hydrogen) atoms. The molecule has 2 saturated carbocycles. The van der Waals surface area contributed by atoms with Crippen molar-refractivity contribution < 1.29 is 4.79 Å². The molecular formula is C20H35N3O. The van der Waals surface area contributed by atoms with Crippen LogP contribution in [0.4, 0.5) is 0 Å². The van der Waals surface area contributed by atoms with Crippen LogP contribution in [0.25, 0.3) is 0 Å². The van der Waals surface area contributed by atoms with Gasteiger partial charge in [-0.05, 0) is 51.1 Å². The zero-order chi connectivity index (χ0) is 16.9. The van der Waals surface area contributed by atoms with E-state index in [0.29, 0.717) is 29.2 Å². The van der Waals surface area contributed by atoms with Gasteiger partial charge in [-0.1, -0.05) is 27.2 Å². The van der Waals surface area contributed by atoms with Crippen molar-refractivity contribution in [3.63, 3.8) is 0 Å². The van der Waals surface area contributed by atoms with Crippen molar-refractivity contribution >= 4 is 5.91 Å². The summed E-state index contributed by atoms with van der Waals surface area (Å²) in [7, 11) is 0. The third kappa shape index (κ3) is 3.12. The Balaban J connectivity index is 1.17. The van der Waals surface area contributed by atoms with E-state index in [0.717, 1.165) is 31.6 Å². The number of nitrogens with zero attached hydrogens (tertiary/aromatic N) is 2. The van der Waals surface area contributed by atoms with Gasteiger partial charge in [0.25, 0.3) is 0 Å². The van der Waals surface area contributed by atoms with E-state index >= 15 is 0 Å². The van der Waals surface area contributed by atoms with Gasteiger partial charge < -0.3 is 15.1 Å². The lowest BCUT2D eigenvalue weighted by Gasteiger charge is -2.61. The third-order valence-corrected chi connectivity index (χ3v) is 7.08. The number of carbonyl (C=O) groups is 1. The number of hydrogen-bond acceptors (Lipinski definition) is 3. The molecule has 2 aliphatic heterocycles. The van der Waals surface area contributed by atoms with Crippen LogP contribution in [0.5, 0.6) is 0 Å². The molecule has 4 fully saturated rings. The van der Waals surface area contributed by atoms with Gasteiger partial charge in [-0.15, -0.1) is 0 Å². The normalized spacial score (nSPS) is 33.6. The maximum Gasteiger partial charge on any atom is 0.226 e. The highest BCUT2D eigenvalue weighted by Gasteiger charge is 2.57. The van der Waals surface area contributed by atoms with Gasteiger partial charge in [0.2, 0.25) is 5.91 Å². The van der Waals surface area contributed by atoms with Crippen molar-refractivity contribution in [3.05, 3.63) is 0 Å². The molecule has 0 aromatic heterocycles. The molecule has 2 saturated heterocycles. The third-order valence-electron chi connectivity index (χ3n) is 7.08. The van der Waals surface area contributed by atoms with Crippen molar-refractivity contribution in [1.82, 2.24) is 15.1 Å². The van der Waals surface area contributed by atoms with Crippen molar-refractivity contribution in [2.75, 3.05) is 26.2 Å². The Morgan fingerprint density at radius 1 is 1.21 bits per heavy atom. The summed E-state index contributed by atoms with van der Waals surface area (Å²) < 4.78 is 0. The van der Waals surface area contributed by atoms with Crippen LogP contribution in [0, 0.1) is 17.3 Å². The summed E-state index contributed by atoms with van der Waals surface area (Å²) in [6.45, 7) is 11.3. The molecule has 0 radical (unpaired) electrons. The van der Waals surface area contributed by atoms with Crippen LogP contribution in [0.3, 0.4) is 0 Å². The SMILES string of the molecule is CCC1CC1C(=O)N1CC2(CC(N3CCC(NC(C)C)CC3)C2)C1. The lowest BCUT2D eigenvalue weighted by atomic mass is 9.60. The smallest absolute Gasteiger partial charge is 0.226 e. The van der Waals surface area contributed by atoms with Gasteiger partial charge in [0, 0.05) is 42.5 Å². The first-order chi connectivity index (χ1) is 11.5. The summed E-state index contributed by atoms with van der Waals surface area (Å²) in [5.74, 6) is 1.55. The molecule has 0 aromatic carbocycles. The maximum absolute atomic E-state index is 12.4. The van der Waals surface area contributed by atoms with Gasteiger partial charge in [-0.3, -0.25) is 4.79 Å². The van der Waals surface area contributed by atoms with Crippen LogP contribution in [0.15, 0.2) is 0 Å². The van der Waals surface area contributed by atoms with Crippen LogP contribution >= 0.6 is 0 Å². The molecule has 136 valence electrons. The number of rotatable bonds is 5. The lowest BCUT2D eigenvalue weighted by molar-refractivity contribution is -0.159. The predicted octanol–water partition coefficient (Wildman–Crippen LogP) is 2.49. The van der Waals surface area contributed by atoms with Crippen LogP contribution in [-0.4, -0.2) is 60.0 Å². The summed E-state index contributed by atoms with van der Waals surface area (Å²) in [5, 5.41) is 3.69. The Bertz CT molecular complexity index is 469. The first-order valence-corrected chi connectivity index (χ1v) is 10.3. The van der Waals surface area contributed by atoms with Gasteiger partial charge >= 0.3 is 0 Å². The topological polar surface area (TPSA) is 35.6 Å². The average molecular weight is 334 g/mol.